The third-order valence-electron chi connectivity index (χ3n) is 3.08. The Bertz CT molecular complexity index is 990. The Morgan fingerprint density at radius 1 is 1.30 bits per heavy atom. The Kier molecular flexibility index (Phi) is 3.89. The van der Waals surface area contributed by atoms with Gasteiger partial charge in [0.05, 0.1) is 5.69 Å². The second-order valence-corrected chi connectivity index (χ2v) is 6.06. The number of fused-ring (bicyclic) bond motifs is 1. The Morgan fingerprint density at radius 3 is 2.65 bits per heavy atom. The van der Waals surface area contributed by atoms with Gasteiger partial charge in [-0.1, -0.05) is 41.1 Å². The summed E-state index contributed by atoms with van der Waals surface area (Å²) in [5.41, 5.74) is 6.92. The number of nitrogens with zero attached hydrogens (tertiary/aromatic N) is 2. The number of nitrogen functional groups attached to an aromatic ring is 1. The Hall–Kier alpha value is -2.64. The third kappa shape index (κ3) is 2.96. The Labute approximate surface area is 139 Å². The second kappa shape index (κ2) is 5.86. The molecule has 116 valence electrons. The quantitative estimate of drug-likeness (QED) is 0.710. The summed E-state index contributed by atoms with van der Waals surface area (Å²) in [5, 5.41) is 8.93. The van der Waals surface area contributed by atoms with Crippen LogP contribution in [0.4, 0.5) is 5.69 Å². The zero-order valence-electron chi connectivity index (χ0n) is 11.6. The van der Waals surface area contributed by atoms with Crippen LogP contribution in [-0.4, -0.2) is 20.5 Å². The lowest BCUT2D eigenvalue weighted by atomic mass is 10.2. The number of nitrogens with two attached hydrogens (primary N) is 1. The number of hydrogen-bond acceptors (Lipinski definition) is 5. The Morgan fingerprint density at radius 2 is 2.00 bits per heavy atom. The number of carboxylic acids is 1. The molecular weight excluding hydrogens is 338 g/mol. The van der Waals surface area contributed by atoms with Gasteiger partial charge in [0.15, 0.2) is 4.96 Å². The molecule has 3 rings (SSSR count). The lowest BCUT2D eigenvalue weighted by molar-refractivity contribution is 0.0702. The zero-order valence-corrected chi connectivity index (χ0v) is 13.1. The molecule has 0 saturated carbocycles. The number of aromatic nitrogens is 2. The lowest BCUT2D eigenvalue weighted by Crippen LogP contribution is -2.14. The fourth-order valence-corrected chi connectivity index (χ4v) is 2.94. The zero-order chi connectivity index (χ0) is 16.6. The van der Waals surface area contributed by atoms with Crippen molar-refractivity contribution in [2.45, 2.75) is 0 Å². The van der Waals surface area contributed by atoms with Crippen LogP contribution in [0, 0.1) is 0 Å². The summed E-state index contributed by atoms with van der Waals surface area (Å²) in [6.45, 7) is 0. The molecule has 0 fully saturated rings. The number of rotatable bonds is 3. The molecule has 6 nitrogen and oxygen atoms in total. The van der Waals surface area contributed by atoms with Crippen LogP contribution in [-0.2, 0) is 0 Å². The van der Waals surface area contributed by atoms with E-state index in [1.165, 1.54) is 6.20 Å². The molecule has 2 aromatic heterocycles. The van der Waals surface area contributed by atoms with Crippen molar-refractivity contribution in [1.29, 1.82) is 0 Å². The van der Waals surface area contributed by atoms with Gasteiger partial charge < -0.3 is 10.8 Å². The van der Waals surface area contributed by atoms with Gasteiger partial charge in [-0.2, -0.15) is 0 Å². The van der Waals surface area contributed by atoms with Crippen molar-refractivity contribution in [2.24, 2.45) is 0 Å². The van der Waals surface area contributed by atoms with Gasteiger partial charge in [-0.25, -0.2) is 9.78 Å². The van der Waals surface area contributed by atoms with E-state index in [0.29, 0.717) is 5.69 Å². The number of halogens is 1. The minimum absolute atomic E-state index is 0.0188. The Balaban J connectivity index is 2.07. The van der Waals surface area contributed by atoms with Gasteiger partial charge in [-0.05, 0) is 23.8 Å². The van der Waals surface area contributed by atoms with Crippen LogP contribution in [0.3, 0.4) is 0 Å². The molecule has 3 N–H and O–H groups in total. The van der Waals surface area contributed by atoms with Crippen molar-refractivity contribution in [2.75, 3.05) is 5.73 Å². The first-order chi connectivity index (χ1) is 11.0. The normalized spacial score (nSPS) is 11.3. The van der Waals surface area contributed by atoms with Crippen LogP contribution in [0.5, 0.6) is 0 Å². The van der Waals surface area contributed by atoms with Gasteiger partial charge in [0.25, 0.3) is 5.56 Å². The molecule has 0 unspecified atom stereocenters. The second-order valence-electron chi connectivity index (χ2n) is 4.67. The standard InChI is InChI=1S/C15H10ClN3O3S/c16-12-10(6-3-8-1-4-9(17)5-2-8)18-15-19(13(12)20)7-11(23-15)14(21)22/h1-7H,17H2,(H,21,22). The maximum Gasteiger partial charge on any atom is 0.347 e. The molecule has 3 aromatic rings. The van der Waals surface area contributed by atoms with Crippen LogP contribution in [0.1, 0.15) is 20.9 Å². The summed E-state index contributed by atoms with van der Waals surface area (Å²) in [6, 6.07) is 7.15. The summed E-state index contributed by atoms with van der Waals surface area (Å²) < 4.78 is 1.14. The van der Waals surface area contributed by atoms with Gasteiger partial charge in [0.1, 0.15) is 9.90 Å². The van der Waals surface area contributed by atoms with Crippen LogP contribution in [0.2, 0.25) is 5.02 Å². The maximum absolute atomic E-state index is 12.2. The molecule has 1 aromatic carbocycles. The fourth-order valence-electron chi connectivity index (χ4n) is 1.93. The van der Waals surface area contributed by atoms with Crippen LogP contribution >= 0.6 is 22.9 Å². The van der Waals surface area contributed by atoms with Crippen molar-refractivity contribution in [3.63, 3.8) is 0 Å². The van der Waals surface area contributed by atoms with Gasteiger partial charge >= 0.3 is 5.97 Å². The predicted octanol–water partition coefficient (Wildman–Crippen LogP) is 2.86. The van der Waals surface area contributed by atoms with Crippen LogP contribution < -0.4 is 11.3 Å². The molecule has 0 amide bonds. The first-order valence-electron chi connectivity index (χ1n) is 6.44. The van der Waals surface area contributed by atoms with Gasteiger partial charge in [0, 0.05) is 11.9 Å². The number of hydrogen-bond donors (Lipinski definition) is 2. The van der Waals surface area contributed by atoms with E-state index in [0.717, 1.165) is 21.3 Å². The predicted molar refractivity (Wildman–Crippen MR) is 91.1 cm³/mol. The maximum atomic E-state index is 12.2. The molecule has 0 radical (unpaired) electrons. The third-order valence-corrected chi connectivity index (χ3v) is 4.41. The van der Waals surface area contributed by atoms with Crippen molar-refractivity contribution in [3.05, 3.63) is 62.0 Å². The largest absolute Gasteiger partial charge is 0.477 e. The van der Waals surface area contributed by atoms with E-state index in [1.807, 2.05) is 12.1 Å². The lowest BCUT2D eigenvalue weighted by Gasteiger charge is -1.99. The highest BCUT2D eigenvalue weighted by atomic mass is 35.5. The van der Waals surface area contributed by atoms with Crippen LogP contribution in [0.15, 0.2) is 35.3 Å². The summed E-state index contributed by atoms with van der Waals surface area (Å²) in [5.74, 6) is -1.12. The molecular formula is C15H10ClN3O3S. The number of aromatic carboxylic acids is 1. The topological polar surface area (TPSA) is 97.7 Å². The molecule has 2 heterocycles. The molecule has 0 bridgehead atoms. The number of anilines is 1. The van der Waals surface area contributed by atoms with Gasteiger partial charge in [-0.3, -0.25) is 9.20 Å². The smallest absolute Gasteiger partial charge is 0.347 e. The minimum Gasteiger partial charge on any atom is -0.477 e. The van der Waals surface area contributed by atoms with E-state index < -0.39 is 11.5 Å². The van der Waals surface area contributed by atoms with Crippen molar-refractivity contribution in [3.8, 4) is 0 Å². The van der Waals surface area contributed by atoms with Crippen molar-refractivity contribution < 1.29 is 9.90 Å². The van der Waals surface area contributed by atoms with Gasteiger partial charge in [0.2, 0.25) is 0 Å². The number of carbonyl (C=O) groups is 1. The van der Waals surface area contributed by atoms with Crippen molar-refractivity contribution >= 4 is 51.7 Å². The molecule has 0 spiro atoms. The molecule has 0 atom stereocenters. The average molecular weight is 348 g/mol. The first-order valence-corrected chi connectivity index (χ1v) is 7.64. The highest BCUT2D eigenvalue weighted by Gasteiger charge is 2.14. The first kappa shape index (κ1) is 15.3. The molecule has 0 aliphatic rings. The summed E-state index contributed by atoms with van der Waals surface area (Å²) >= 11 is 6.95. The van der Waals surface area contributed by atoms with E-state index in [1.54, 1.807) is 24.3 Å². The summed E-state index contributed by atoms with van der Waals surface area (Å²) in [7, 11) is 0. The van der Waals surface area contributed by atoms with E-state index >= 15 is 0 Å². The number of carboxylic acid groups (broad SMARTS) is 1. The monoisotopic (exact) mass is 347 g/mol. The molecule has 23 heavy (non-hydrogen) atoms. The minimum atomic E-state index is -1.12. The van der Waals surface area contributed by atoms with Crippen LogP contribution in [0.25, 0.3) is 17.1 Å². The SMILES string of the molecule is Nc1ccc(C=Cc2nc3sc(C(=O)O)cn3c(=O)c2Cl)cc1. The highest BCUT2D eigenvalue weighted by molar-refractivity contribution is 7.18. The molecule has 0 aliphatic carbocycles. The summed E-state index contributed by atoms with van der Waals surface area (Å²) in [6.07, 6.45) is 4.57. The molecule has 0 aliphatic heterocycles. The molecule has 0 saturated heterocycles. The average Bonchev–Trinajstić information content (AvgIpc) is 2.95. The van der Waals surface area contributed by atoms with E-state index in [-0.39, 0.29) is 20.6 Å². The van der Waals surface area contributed by atoms with E-state index in [2.05, 4.69) is 4.98 Å². The molecule has 8 heteroatoms. The fraction of sp³-hybridized carbons (Fsp3) is 0. The number of thiazole rings is 1. The van der Waals surface area contributed by atoms with E-state index in [4.69, 9.17) is 22.4 Å². The van der Waals surface area contributed by atoms with Gasteiger partial charge in [-0.15, -0.1) is 0 Å². The number of benzene rings is 1. The highest BCUT2D eigenvalue weighted by Crippen LogP contribution is 2.20. The van der Waals surface area contributed by atoms with E-state index in [9.17, 15) is 9.59 Å². The van der Waals surface area contributed by atoms with Crippen molar-refractivity contribution in [1.82, 2.24) is 9.38 Å². The summed E-state index contributed by atoms with van der Waals surface area (Å²) in [4.78, 5) is 27.7.